The van der Waals surface area contributed by atoms with Crippen molar-refractivity contribution in [2.24, 2.45) is 0 Å². The molecule has 3 saturated heterocycles. The zero-order chi connectivity index (χ0) is 61.9. The van der Waals surface area contributed by atoms with Crippen LogP contribution in [0.2, 0.25) is 0 Å². The van der Waals surface area contributed by atoms with Gasteiger partial charge in [0.25, 0.3) is 0 Å². The van der Waals surface area contributed by atoms with Crippen LogP contribution in [0.4, 0.5) is 0 Å². The quantitative estimate of drug-likeness (QED) is 0.0253. The Hall–Kier alpha value is -1.21. The first kappa shape index (κ1) is 78.0. The van der Waals surface area contributed by atoms with Crippen LogP contribution in [-0.4, -0.2) is 193 Å². The molecule has 12 N–H and O–H groups in total. The molecule has 0 saturated carbocycles. The van der Waals surface area contributed by atoms with Crippen molar-refractivity contribution >= 4 is 5.91 Å². The molecule has 85 heavy (non-hydrogen) atoms. The SMILES string of the molecule is CCCCCCCCCCCCCCCCCCCCCCCCCCCCC(O)C(COC1OC(CO)C(OC2OC(CO)C(OC3OC(CO)C(O)C(O)C3O)C(O)C2O)C(O)C1O)NC(=O)CCCCCCCCCCCCCCCC. The van der Waals surface area contributed by atoms with Gasteiger partial charge in [0, 0.05) is 6.42 Å². The Bertz CT molecular complexity index is 1550. The number of carbonyl (C=O) groups excluding carboxylic acids is 1. The van der Waals surface area contributed by atoms with Crippen LogP contribution in [0.25, 0.3) is 0 Å². The summed E-state index contributed by atoms with van der Waals surface area (Å²) in [5, 5.41) is 121. The maximum Gasteiger partial charge on any atom is 0.220 e. The Balaban J connectivity index is 1.41. The van der Waals surface area contributed by atoms with Crippen molar-refractivity contribution in [3.05, 3.63) is 0 Å². The van der Waals surface area contributed by atoms with Crippen molar-refractivity contribution in [3.63, 3.8) is 0 Å². The first-order valence-corrected chi connectivity index (χ1v) is 34.8. The van der Waals surface area contributed by atoms with E-state index >= 15 is 0 Å². The number of hydrogen-bond donors (Lipinski definition) is 12. The molecule has 3 aliphatic heterocycles. The molecular formula is C66H127NO18. The predicted molar refractivity (Wildman–Crippen MR) is 328 cm³/mol. The molecule has 0 spiro atoms. The molecule has 3 heterocycles. The van der Waals surface area contributed by atoms with Crippen LogP contribution in [0, 0.1) is 0 Å². The summed E-state index contributed by atoms with van der Waals surface area (Å²) >= 11 is 0. The van der Waals surface area contributed by atoms with E-state index in [0.717, 1.165) is 44.9 Å². The second kappa shape index (κ2) is 49.5. The normalized spacial score (nSPS) is 28.9. The lowest BCUT2D eigenvalue weighted by atomic mass is 9.96. The van der Waals surface area contributed by atoms with Crippen molar-refractivity contribution in [1.82, 2.24) is 5.32 Å². The van der Waals surface area contributed by atoms with E-state index in [1.54, 1.807) is 0 Å². The highest BCUT2D eigenvalue weighted by Gasteiger charge is 2.53. The Morgan fingerprint density at radius 2 is 0.671 bits per heavy atom. The summed E-state index contributed by atoms with van der Waals surface area (Å²) in [5.41, 5.74) is 0. The standard InChI is InChI=1S/C66H127NO18/c1-3-5-7-9-11-13-15-17-19-20-21-22-23-24-25-26-27-28-29-30-31-33-35-37-39-41-43-50(71)49(67-54(72)44-42-40-38-36-34-32-18-16-14-12-10-8-6-4-2)48-80-64-60(78)57(75)62(52(46-69)82-64)85-66-61(79)58(76)63(53(47-70)83-66)84-65-59(77)56(74)55(73)51(45-68)81-65/h49-53,55-66,68-71,73-79H,3-48H2,1-2H3,(H,67,72). The van der Waals surface area contributed by atoms with Gasteiger partial charge in [-0.2, -0.15) is 0 Å². The summed E-state index contributed by atoms with van der Waals surface area (Å²) in [6.45, 7) is 1.83. The zero-order valence-electron chi connectivity index (χ0n) is 53.1. The van der Waals surface area contributed by atoms with Gasteiger partial charge in [0.2, 0.25) is 5.91 Å². The molecule has 1 amide bonds. The number of hydrogen-bond acceptors (Lipinski definition) is 18. The van der Waals surface area contributed by atoms with Gasteiger partial charge in [0.05, 0.1) is 38.6 Å². The summed E-state index contributed by atoms with van der Waals surface area (Å²) in [6.07, 6.45) is 24.7. The molecule has 0 bridgehead atoms. The number of amides is 1. The smallest absolute Gasteiger partial charge is 0.220 e. The van der Waals surface area contributed by atoms with Crippen LogP contribution < -0.4 is 5.32 Å². The Morgan fingerprint density at radius 1 is 0.376 bits per heavy atom. The molecule has 0 aliphatic carbocycles. The van der Waals surface area contributed by atoms with E-state index < -0.39 is 124 Å². The summed E-state index contributed by atoms with van der Waals surface area (Å²) in [5.74, 6) is -0.237. The predicted octanol–water partition coefficient (Wildman–Crippen LogP) is 8.72. The Morgan fingerprint density at radius 3 is 1.02 bits per heavy atom. The second-order valence-corrected chi connectivity index (χ2v) is 25.4. The zero-order valence-corrected chi connectivity index (χ0v) is 53.1. The molecular weight excluding hydrogens is 1090 g/mol. The summed E-state index contributed by atoms with van der Waals surface area (Å²) in [4.78, 5) is 13.4. The monoisotopic (exact) mass is 1220 g/mol. The van der Waals surface area contributed by atoms with Crippen LogP contribution in [-0.2, 0) is 33.2 Å². The van der Waals surface area contributed by atoms with E-state index in [4.69, 9.17) is 28.4 Å². The minimum absolute atomic E-state index is 0.237. The molecule has 3 fully saturated rings. The van der Waals surface area contributed by atoms with E-state index in [1.165, 1.54) is 205 Å². The molecule has 0 aromatic rings. The van der Waals surface area contributed by atoms with E-state index in [2.05, 4.69) is 19.2 Å². The largest absolute Gasteiger partial charge is 0.394 e. The van der Waals surface area contributed by atoms with E-state index in [-0.39, 0.29) is 18.9 Å². The van der Waals surface area contributed by atoms with Gasteiger partial charge in [-0.1, -0.05) is 264 Å². The minimum atomic E-state index is -1.97. The van der Waals surface area contributed by atoms with Crippen molar-refractivity contribution in [2.45, 2.75) is 388 Å². The average Bonchev–Trinajstić information content (AvgIpc) is 3.45. The number of unbranched alkanes of at least 4 members (excludes halogenated alkanes) is 38. The summed E-state index contributed by atoms with van der Waals surface area (Å²) < 4.78 is 34.4. The van der Waals surface area contributed by atoms with Crippen molar-refractivity contribution < 1.29 is 89.4 Å². The van der Waals surface area contributed by atoms with Crippen LogP contribution >= 0.6 is 0 Å². The number of carbonyl (C=O) groups is 1. The highest BCUT2D eigenvalue weighted by atomic mass is 16.8. The van der Waals surface area contributed by atoms with E-state index in [1.807, 2.05) is 0 Å². The topological polar surface area (TPSA) is 307 Å². The van der Waals surface area contributed by atoms with Gasteiger partial charge in [0.1, 0.15) is 73.2 Å². The third-order valence-electron chi connectivity index (χ3n) is 17.9. The van der Waals surface area contributed by atoms with Gasteiger partial charge < -0.3 is 89.9 Å². The maximum absolute atomic E-state index is 13.4. The lowest BCUT2D eigenvalue weighted by Crippen LogP contribution is -2.66. The Labute approximate surface area is 513 Å². The third kappa shape index (κ3) is 32.1. The average molecular weight is 1220 g/mol. The molecule has 17 atom stereocenters. The van der Waals surface area contributed by atoms with Gasteiger partial charge in [-0.25, -0.2) is 0 Å². The van der Waals surface area contributed by atoms with Crippen molar-refractivity contribution in [2.75, 3.05) is 26.4 Å². The highest BCUT2D eigenvalue weighted by Crippen LogP contribution is 2.33. The first-order chi connectivity index (χ1) is 41.3. The third-order valence-corrected chi connectivity index (χ3v) is 17.9. The minimum Gasteiger partial charge on any atom is -0.394 e. The molecule has 19 nitrogen and oxygen atoms in total. The number of rotatable bonds is 54. The van der Waals surface area contributed by atoms with Crippen LogP contribution in [0.3, 0.4) is 0 Å². The summed E-state index contributed by atoms with van der Waals surface area (Å²) in [6, 6.07) is -0.881. The van der Waals surface area contributed by atoms with Crippen LogP contribution in [0.5, 0.6) is 0 Å². The van der Waals surface area contributed by atoms with Gasteiger partial charge in [-0.05, 0) is 12.8 Å². The molecule has 3 rings (SSSR count). The number of ether oxygens (including phenoxy) is 6. The number of aliphatic hydroxyl groups is 11. The van der Waals surface area contributed by atoms with Gasteiger partial charge in [-0.3, -0.25) is 4.79 Å². The van der Waals surface area contributed by atoms with Gasteiger partial charge in [-0.15, -0.1) is 0 Å². The Kier molecular flexibility index (Phi) is 45.4. The number of aliphatic hydroxyl groups excluding tert-OH is 11. The fraction of sp³-hybridized carbons (Fsp3) is 0.985. The molecule has 0 aromatic carbocycles. The van der Waals surface area contributed by atoms with E-state index in [9.17, 15) is 61.0 Å². The van der Waals surface area contributed by atoms with Gasteiger partial charge in [0.15, 0.2) is 18.9 Å². The maximum atomic E-state index is 13.4. The lowest BCUT2D eigenvalue weighted by Gasteiger charge is -2.48. The molecule has 0 radical (unpaired) electrons. The lowest BCUT2D eigenvalue weighted by molar-refractivity contribution is -0.379. The van der Waals surface area contributed by atoms with E-state index in [0.29, 0.717) is 12.8 Å². The first-order valence-electron chi connectivity index (χ1n) is 34.8. The molecule has 3 aliphatic rings. The fourth-order valence-electron chi connectivity index (χ4n) is 12.3. The van der Waals surface area contributed by atoms with Crippen LogP contribution in [0.1, 0.15) is 284 Å². The summed E-state index contributed by atoms with van der Waals surface area (Å²) in [7, 11) is 0. The van der Waals surface area contributed by atoms with Crippen molar-refractivity contribution in [1.29, 1.82) is 0 Å². The van der Waals surface area contributed by atoms with Crippen molar-refractivity contribution in [3.8, 4) is 0 Å². The molecule has 19 heteroatoms. The molecule has 504 valence electrons. The fourth-order valence-corrected chi connectivity index (χ4v) is 12.3. The second-order valence-electron chi connectivity index (χ2n) is 25.4. The van der Waals surface area contributed by atoms with Crippen LogP contribution in [0.15, 0.2) is 0 Å². The molecule has 17 unspecified atom stereocenters. The molecule has 0 aromatic heterocycles. The highest BCUT2D eigenvalue weighted by molar-refractivity contribution is 5.76. The number of nitrogens with one attached hydrogen (secondary N) is 1. The van der Waals surface area contributed by atoms with Gasteiger partial charge >= 0.3 is 0 Å².